The lowest BCUT2D eigenvalue weighted by molar-refractivity contribution is 0.270. The lowest BCUT2D eigenvalue weighted by atomic mass is 10.1. The van der Waals surface area contributed by atoms with E-state index in [0.29, 0.717) is 19.6 Å². The number of aromatic nitrogens is 1. The van der Waals surface area contributed by atoms with Gasteiger partial charge in [0.1, 0.15) is 5.82 Å². The van der Waals surface area contributed by atoms with E-state index in [9.17, 15) is 12.8 Å². The van der Waals surface area contributed by atoms with Crippen LogP contribution in [-0.2, 0) is 15.8 Å². The Balaban J connectivity index is 1.89. The summed E-state index contributed by atoms with van der Waals surface area (Å²) in [4.78, 5) is 4.07. The largest absolute Gasteiger partial charge is 0.313 e. The first-order valence-electron chi connectivity index (χ1n) is 7.41. The van der Waals surface area contributed by atoms with Gasteiger partial charge in [0.05, 0.1) is 11.8 Å². The van der Waals surface area contributed by atoms with Crippen molar-refractivity contribution < 1.29 is 12.8 Å². The zero-order valence-electron chi connectivity index (χ0n) is 12.5. The number of sulfonamides is 1. The first kappa shape index (κ1) is 16.0. The Hall–Kier alpha value is -1.83. The molecule has 1 fully saturated rings. The van der Waals surface area contributed by atoms with Crippen LogP contribution in [0.15, 0.2) is 48.8 Å². The smallest absolute Gasteiger partial charge is 0.219 e. The maximum Gasteiger partial charge on any atom is 0.219 e. The summed E-state index contributed by atoms with van der Waals surface area (Å²) in [5.41, 5.74) is 1.02. The third-order valence-electron chi connectivity index (χ3n) is 3.92. The molecule has 3 rings (SSSR count). The van der Waals surface area contributed by atoms with E-state index in [1.165, 1.54) is 16.4 Å². The van der Waals surface area contributed by atoms with Crippen LogP contribution in [-0.4, -0.2) is 37.3 Å². The van der Waals surface area contributed by atoms with E-state index in [0.717, 1.165) is 5.56 Å². The highest BCUT2D eigenvalue weighted by atomic mass is 32.2. The van der Waals surface area contributed by atoms with Gasteiger partial charge in [0.15, 0.2) is 0 Å². The van der Waals surface area contributed by atoms with Gasteiger partial charge in [-0.3, -0.25) is 4.98 Å². The van der Waals surface area contributed by atoms with Crippen molar-refractivity contribution in [3.63, 3.8) is 0 Å². The first-order chi connectivity index (χ1) is 11.1. The summed E-state index contributed by atoms with van der Waals surface area (Å²) in [7, 11) is -3.63. The van der Waals surface area contributed by atoms with Crippen LogP contribution in [0.3, 0.4) is 0 Å². The molecule has 0 saturated carbocycles. The molecular weight excluding hydrogens is 317 g/mol. The topological polar surface area (TPSA) is 62.3 Å². The average molecular weight is 335 g/mol. The van der Waals surface area contributed by atoms with E-state index in [4.69, 9.17) is 0 Å². The Labute approximate surface area is 135 Å². The summed E-state index contributed by atoms with van der Waals surface area (Å²) >= 11 is 0. The van der Waals surface area contributed by atoms with Crippen LogP contribution in [0.2, 0.25) is 0 Å². The zero-order valence-corrected chi connectivity index (χ0v) is 13.3. The number of nitrogens with zero attached hydrogens (tertiary/aromatic N) is 2. The number of hydrogen-bond acceptors (Lipinski definition) is 4. The fourth-order valence-electron chi connectivity index (χ4n) is 2.77. The summed E-state index contributed by atoms with van der Waals surface area (Å²) in [6, 6.07) is 9.30. The Morgan fingerprint density at radius 2 is 2.09 bits per heavy atom. The van der Waals surface area contributed by atoms with Gasteiger partial charge in [0, 0.05) is 37.6 Å². The normalized spacial score (nSPS) is 19.6. The molecule has 1 aromatic carbocycles. The molecule has 2 aromatic rings. The van der Waals surface area contributed by atoms with Crippen LogP contribution in [0.1, 0.15) is 17.2 Å². The van der Waals surface area contributed by atoms with E-state index >= 15 is 0 Å². The number of benzene rings is 1. The summed E-state index contributed by atoms with van der Waals surface area (Å²) in [5, 5.41) is 3.20. The van der Waals surface area contributed by atoms with Crippen molar-refractivity contribution in [1.82, 2.24) is 14.6 Å². The van der Waals surface area contributed by atoms with Crippen molar-refractivity contribution in [1.29, 1.82) is 0 Å². The van der Waals surface area contributed by atoms with Crippen molar-refractivity contribution in [2.75, 3.05) is 19.6 Å². The molecule has 0 aliphatic carbocycles. The molecular formula is C16H18FN3O2S. The monoisotopic (exact) mass is 335 g/mol. The molecule has 1 aliphatic rings. The summed E-state index contributed by atoms with van der Waals surface area (Å²) in [5.74, 6) is -0.833. The third-order valence-corrected chi connectivity index (χ3v) is 5.74. The molecule has 1 saturated heterocycles. The quantitative estimate of drug-likeness (QED) is 0.924. The second-order valence-corrected chi connectivity index (χ2v) is 7.39. The van der Waals surface area contributed by atoms with Crippen LogP contribution in [0, 0.1) is 5.82 Å². The van der Waals surface area contributed by atoms with Crippen LogP contribution >= 0.6 is 0 Å². The highest BCUT2D eigenvalue weighted by Gasteiger charge is 2.33. The zero-order chi connectivity index (χ0) is 16.3. The molecule has 7 heteroatoms. The predicted octanol–water partition coefficient (Wildman–Crippen LogP) is 1.70. The third kappa shape index (κ3) is 3.57. The van der Waals surface area contributed by atoms with E-state index < -0.39 is 15.8 Å². The van der Waals surface area contributed by atoms with Crippen LogP contribution < -0.4 is 5.32 Å². The molecule has 0 bridgehead atoms. The molecule has 0 radical (unpaired) electrons. The van der Waals surface area contributed by atoms with Gasteiger partial charge in [0.25, 0.3) is 0 Å². The van der Waals surface area contributed by atoms with Crippen molar-refractivity contribution in [3.05, 3.63) is 65.7 Å². The Bertz CT molecular complexity index is 768. The number of nitrogens with one attached hydrogen (secondary N) is 1. The van der Waals surface area contributed by atoms with Crippen molar-refractivity contribution in [3.8, 4) is 0 Å². The van der Waals surface area contributed by atoms with Crippen molar-refractivity contribution in [2.24, 2.45) is 0 Å². The minimum atomic E-state index is -3.63. The lowest BCUT2D eigenvalue weighted by Gasteiger charge is -2.35. The fourth-order valence-corrected chi connectivity index (χ4v) is 4.52. The first-order valence-corrected chi connectivity index (χ1v) is 9.02. The molecule has 1 atom stereocenters. The molecule has 2 heterocycles. The van der Waals surface area contributed by atoms with Gasteiger partial charge >= 0.3 is 0 Å². The molecule has 5 nitrogen and oxygen atoms in total. The molecule has 0 spiro atoms. The highest BCUT2D eigenvalue weighted by molar-refractivity contribution is 7.88. The van der Waals surface area contributed by atoms with Gasteiger partial charge in [-0.1, -0.05) is 24.3 Å². The van der Waals surface area contributed by atoms with Crippen molar-refractivity contribution in [2.45, 2.75) is 11.8 Å². The number of piperazine rings is 1. The Morgan fingerprint density at radius 3 is 2.83 bits per heavy atom. The Kier molecular flexibility index (Phi) is 4.70. The van der Waals surface area contributed by atoms with Crippen molar-refractivity contribution >= 4 is 10.0 Å². The standard InChI is InChI=1S/C16H18FN3O2S/c17-15-6-2-1-4-14(15)12-23(21,22)20-9-8-19-11-16(20)13-5-3-7-18-10-13/h1-7,10,16,19H,8-9,11-12H2. The SMILES string of the molecule is O=S(=O)(Cc1ccccc1F)N1CCNCC1c1cccnc1. The Morgan fingerprint density at radius 1 is 1.26 bits per heavy atom. The van der Waals surface area contributed by atoms with Gasteiger partial charge in [-0.15, -0.1) is 0 Å². The molecule has 122 valence electrons. The van der Waals surface area contributed by atoms with Crippen LogP contribution in [0.5, 0.6) is 0 Å². The predicted molar refractivity (Wildman–Crippen MR) is 85.6 cm³/mol. The maximum absolute atomic E-state index is 13.8. The van der Waals surface area contributed by atoms with Crippen LogP contribution in [0.25, 0.3) is 0 Å². The summed E-state index contributed by atoms with van der Waals surface area (Å²) in [6.07, 6.45) is 3.32. The number of rotatable bonds is 4. The van der Waals surface area contributed by atoms with E-state index in [1.54, 1.807) is 30.6 Å². The summed E-state index contributed by atoms with van der Waals surface area (Å²) in [6.45, 7) is 1.45. The molecule has 1 aliphatic heterocycles. The van der Waals surface area contributed by atoms with E-state index in [2.05, 4.69) is 10.3 Å². The number of hydrogen-bond donors (Lipinski definition) is 1. The highest BCUT2D eigenvalue weighted by Crippen LogP contribution is 2.26. The fraction of sp³-hybridized carbons (Fsp3) is 0.312. The van der Waals surface area contributed by atoms with Gasteiger partial charge in [-0.2, -0.15) is 4.31 Å². The average Bonchev–Trinajstić information content (AvgIpc) is 2.58. The minimum absolute atomic E-state index is 0.191. The van der Waals surface area contributed by atoms with E-state index in [-0.39, 0.29) is 17.4 Å². The summed E-state index contributed by atoms with van der Waals surface area (Å²) < 4.78 is 40.9. The molecule has 23 heavy (non-hydrogen) atoms. The second-order valence-electron chi connectivity index (χ2n) is 5.46. The second kappa shape index (κ2) is 6.74. The minimum Gasteiger partial charge on any atom is -0.313 e. The lowest BCUT2D eigenvalue weighted by Crippen LogP contribution is -2.49. The molecule has 1 aromatic heterocycles. The molecule has 0 amide bonds. The molecule has 1 N–H and O–H groups in total. The van der Waals surface area contributed by atoms with Gasteiger partial charge in [-0.05, 0) is 17.7 Å². The van der Waals surface area contributed by atoms with Gasteiger partial charge in [0.2, 0.25) is 10.0 Å². The number of pyridine rings is 1. The van der Waals surface area contributed by atoms with Crippen LogP contribution in [0.4, 0.5) is 4.39 Å². The maximum atomic E-state index is 13.8. The number of halogens is 1. The molecule has 1 unspecified atom stereocenters. The van der Waals surface area contributed by atoms with Gasteiger partial charge in [-0.25, -0.2) is 12.8 Å². The van der Waals surface area contributed by atoms with Gasteiger partial charge < -0.3 is 5.32 Å². The van der Waals surface area contributed by atoms with E-state index in [1.807, 2.05) is 6.07 Å².